The molecule has 6 heteroatoms. The van der Waals surface area contributed by atoms with Gasteiger partial charge in [0, 0.05) is 18.7 Å². The molecule has 0 aliphatic rings. The first-order valence-corrected chi connectivity index (χ1v) is 7.04. The van der Waals surface area contributed by atoms with Gasteiger partial charge in [0.05, 0.1) is 7.11 Å². The molecule has 1 N–H and O–H groups in total. The summed E-state index contributed by atoms with van der Waals surface area (Å²) < 4.78 is 6.48. The van der Waals surface area contributed by atoms with Crippen LogP contribution in [0.2, 0.25) is 0 Å². The molecule has 0 radical (unpaired) electrons. The first kappa shape index (κ1) is 14.8. The van der Waals surface area contributed by atoms with Crippen molar-refractivity contribution >= 4 is 23.3 Å². The van der Waals surface area contributed by atoms with Crippen LogP contribution in [0.5, 0.6) is 0 Å². The van der Waals surface area contributed by atoms with Crippen LogP contribution >= 0.6 is 0 Å². The fourth-order valence-electron chi connectivity index (χ4n) is 2.42. The van der Waals surface area contributed by atoms with E-state index in [-0.39, 0.29) is 5.91 Å². The fourth-order valence-corrected chi connectivity index (χ4v) is 2.42. The topological polar surface area (TPSA) is 72.7 Å². The molecule has 3 rings (SSSR count). The van der Waals surface area contributed by atoms with Crippen molar-refractivity contribution in [2.75, 3.05) is 12.4 Å². The molecule has 0 saturated heterocycles. The largest absolute Gasteiger partial charge is 0.465 e. The molecular weight excluding hydrogens is 294 g/mol. The van der Waals surface area contributed by atoms with Crippen molar-refractivity contribution in [3.8, 4) is 11.3 Å². The maximum Gasteiger partial charge on any atom is 0.341 e. The van der Waals surface area contributed by atoms with Crippen LogP contribution in [0.3, 0.4) is 0 Å². The van der Waals surface area contributed by atoms with E-state index in [9.17, 15) is 9.59 Å². The maximum atomic E-state index is 11.9. The van der Waals surface area contributed by atoms with E-state index in [1.54, 1.807) is 22.7 Å². The Morgan fingerprint density at radius 3 is 2.52 bits per heavy atom. The standard InChI is InChI=1S/C17H15N3O3/c1-11(21)18-16-14(12-7-4-3-5-8-12)19-15-13(17(22)23-2)9-6-10-20(15)16/h3-10H,1-2H3,(H,18,21). The number of nitrogens with zero attached hydrogens (tertiary/aromatic N) is 2. The molecule has 2 aromatic heterocycles. The summed E-state index contributed by atoms with van der Waals surface area (Å²) in [6.07, 6.45) is 1.74. The van der Waals surface area contributed by atoms with Gasteiger partial charge in [-0.3, -0.25) is 9.20 Å². The number of amides is 1. The molecule has 0 aliphatic carbocycles. The van der Waals surface area contributed by atoms with Crippen molar-refractivity contribution in [1.29, 1.82) is 0 Å². The van der Waals surface area contributed by atoms with Crippen LogP contribution < -0.4 is 5.32 Å². The number of aromatic nitrogens is 2. The molecule has 0 fully saturated rings. The second-order valence-corrected chi connectivity index (χ2v) is 4.96. The number of rotatable bonds is 3. The number of methoxy groups -OCH3 is 1. The van der Waals surface area contributed by atoms with Crippen LogP contribution in [0.4, 0.5) is 5.82 Å². The van der Waals surface area contributed by atoms with Gasteiger partial charge in [-0.05, 0) is 12.1 Å². The second kappa shape index (κ2) is 5.92. The molecule has 116 valence electrons. The number of benzene rings is 1. The Kier molecular flexibility index (Phi) is 3.80. The number of anilines is 1. The van der Waals surface area contributed by atoms with Crippen LogP contribution in [-0.2, 0) is 9.53 Å². The summed E-state index contributed by atoms with van der Waals surface area (Å²) in [7, 11) is 1.32. The number of ether oxygens (including phenoxy) is 1. The summed E-state index contributed by atoms with van der Waals surface area (Å²) >= 11 is 0. The number of imidazole rings is 1. The van der Waals surface area contributed by atoms with Gasteiger partial charge in [-0.1, -0.05) is 30.3 Å². The van der Waals surface area contributed by atoms with E-state index in [4.69, 9.17) is 4.74 Å². The van der Waals surface area contributed by atoms with Crippen molar-refractivity contribution in [2.45, 2.75) is 6.92 Å². The lowest BCUT2D eigenvalue weighted by molar-refractivity contribution is -0.114. The molecule has 23 heavy (non-hydrogen) atoms. The number of nitrogens with one attached hydrogen (secondary N) is 1. The highest BCUT2D eigenvalue weighted by Crippen LogP contribution is 2.30. The van der Waals surface area contributed by atoms with Gasteiger partial charge in [-0.2, -0.15) is 0 Å². The third-order valence-electron chi connectivity index (χ3n) is 3.40. The summed E-state index contributed by atoms with van der Waals surface area (Å²) in [6.45, 7) is 1.43. The molecule has 3 aromatic rings. The van der Waals surface area contributed by atoms with Gasteiger partial charge >= 0.3 is 5.97 Å². The minimum absolute atomic E-state index is 0.215. The Morgan fingerprint density at radius 2 is 1.87 bits per heavy atom. The first-order valence-electron chi connectivity index (χ1n) is 7.04. The van der Waals surface area contributed by atoms with E-state index in [0.29, 0.717) is 22.7 Å². The van der Waals surface area contributed by atoms with Crippen LogP contribution in [0.1, 0.15) is 17.3 Å². The Morgan fingerprint density at radius 1 is 1.13 bits per heavy atom. The molecule has 1 amide bonds. The Bertz CT molecular complexity index is 885. The van der Waals surface area contributed by atoms with Gasteiger partial charge < -0.3 is 10.1 Å². The predicted molar refractivity (Wildman–Crippen MR) is 86.3 cm³/mol. The number of hydrogen-bond donors (Lipinski definition) is 1. The van der Waals surface area contributed by atoms with Gasteiger partial charge in [0.2, 0.25) is 5.91 Å². The van der Waals surface area contributed by atoms with Gasteiger partial charge in [0.25, 0.3) is 0 Å². The van der Waals surface area contributed by atoms with Crippen LogP contribution in [-0.4, -0.2) is 28.4 Å². The molecule has 0 aliphatic heterocycles. The van der Waals surface area contributed by atoms with E-state index in [1.807, 2.05) is 30.3 Å². The van der Waals surface area contributed by atoms with Crippen LogP contribution in [0.25, 0.3) is 16.9 Å². The van der Waals surface area contributed by atoms with Crippen molar-refractivity contribution in [3.05, 3.63) is 54.2 Å². The Hall–Kier alpha value is -3.15. The van der Waals surface area contributed by atoms with Gasteiger partial charge in [0.15, 0.2) is 5.65 Å². The molecule has 0 saturated carbocycles. The van der Waals surface area contributed by atoms with E-state index in [2.05, 4.69) is 10.3 Å². The second-order valence-electron chi connectivity index (χ2n) is 4.96. The lowest BCUT2D eigenvalue weighted by Crippen LogP contribution is -2.10. The van der Waals surface area contributed by atoms with Gasteiger partial charge in [-0.25, -0.2) is 9.78 Å². The summed E-state index contributed by atoms with van der Waals surface area (Å²) in [5, 5.41) is 2.79. The highest BCUT2D eigenvalue weighted by molar-refractivity contribution is 5.99. The van der Waals surface area contributed by atoms with E-state index in [1.165, 1.54) is 14.0 Å². The van der Waals surface area contributed by atoms with E-state index in [0.717, 1.165) is 5.56 Å². The third kappa shape index (κ3) is 2.66. The molecular formula is C17H15N3O3. The zero-order valence-corrected chi connectivity index (χ0v) is 12.7. The molecule has 0 bridgehead atoms. The predicted octanol–water partition coefficient (Wildman–Crippen LogP) is 2.75. The highest BCUT2D eigenvalue weighted by atomic mass is 16.5. The first-order chi connectivity index (χ1) is 11.1. The third-order valence-corrected chi connectivity index (χ3v) is 3.40. The number of carbonyl (C=O) groups is 2. The average molecular weight is 309 g/mol. The van der Waals surface area contributed by atoms with Crippen LogP contribution in [0.15, 0.2) is 48.7 Å². The van der Waals surface area contributed by atoms with Gasteiger partial charge in [0.1, 0.15) is 17.1 Å². The average Bonchev–Trinajstić information content (AvgIpc) is 2.93. The summed E-state index contributed by atoms with van der Waals surface area (Å²) in [5.74, 6) is -0.175. The lowest BCUT2D eigenvalue weighted by Gasteiger charge is -2.06. The molecule has 0 spiro atoms. The molecule has 2 heterocycles. The van der Waals surface area contributed by atoms with Crippen molar-refractivity contribution < 1.29 is 14.3 Å². The number of pyridine rings is 1. The number of hydrogen-bond acceptors (Lipinski definition) is 4. The lowest BCUT2D eigenvalue weighted by atomic mass is 10.1. The minimum Gasteiger partial charge on any atom is -0.465 e. The molecule has 0 atom stereocenters. The molecule has 0 unspecified atom stereocenters. The van der Waals surface area contributed by atoms with Crippen molar-refractivity contribution in [1.82, 2.24) is 9.38 Å². The fraction of sp³-hybridized carbons (Fsp3) is 0.118. The summed E-state index contributed by atoms with van der Waals surface area (Å²) in [4.78, 5) is 28.1. The zero-order chi connectivity index (χ0) is 16.4. The number of carbonyl (C=O) groups excluding carboxylic acids is 2. The van der Waals surface area contributed by atoms with Gasteiger partial charge in [-0.15, -0.1) is 0 Å². The summed E-state index contributed by atoms with van der Waals surface area (Å²) in [6, 6.07) is 12.8. The number of esters is 1. The smallest absolute Gasteiger partial charge is 0.341 e. The molecule has 1 aromatic carbocycles. The highest BCUT2D eigenvalue weighted by Gasteiger charge is 2.20. The zero-order valence-electron chi connectivity index (χ0n) is 12.7. The minimum atomic E-state index is -0.477. The maximum absolute atomic E-state index is 11.9. The Balaban J connectivity index is 2.30. The summed E-state index contributed by atoms with van der Waals surface area (Å²) in [5.41, 5.74) is 2.21. The van der Waals surface area contributed by atoms with Crippen molar-refractivity contribution in [2.24, 2.45) is 0 Å². The quantitative estimate of drug-likeness (QED) is 0.755. The monoisotopic (exact) mass is 309 g/mol. The number of fused-ring (bicyclic) bond motifs is 1. The SMILES string of the molecule is COC(=O)c1cccn2c(NC(C)=O)c(-c3ccccc3)nc12. The van der Waals surface area contributed by atoms with Crippen LogP contribution in [0, 0.1) is 0 Å². The normalized spacial score (nSPS) is 10.5. The van der Waals surface area contributed by atoms with E-state index < -0.39 is 5.97 Å². The van der Waals surface area contributed by atoms with Crippen molar-refractivity contribution in [3.63, 3.8) is 0 Å². The Labute approximate surface area is 132 Å². The molecule has 6 nitrogen and oxygen atoms in total. The van der Waals surface area contributed by atoms with E-state index >= 15 is 0 Å².